The van der Waals surface area contributed by atoms with Gasteiger partial charge in [-0.15, -0.1) is 12.4 Å². The third-order valence-corrected chi connectivity index (χ3v) is 5.67. The molecule has 2 heterocycles. The predicted octanol–water partition coefficient (Wildman–Crippen LogP) is 1.91. The van der Waals surface area contributed by atoms with Crippen LogP contribution in [0.15, 0.2) is 35.7 Å². The number of rotatable bonds is 6. The minimum atomic E-state index is -3.74. The molecule has 0 amide bonds. The third-order valence-electron chi connectivity index (χ3n) is 4.39. The zero-order valence-corrected chi connectivity index (χ0v) is 17.0. The minimum Gasteiger partial charge on any atom is -0.367 e. The predicted molar refractivity (Wildman–Crippen MR) is 105 cm³/mol. The van der Waals surface area contributed by atoms with Gasteiger partial charge in [-0.3, -0.25) is 0 Å². The molecule has 1 aromatic carbocycles. The standard InChI is InChI=1S/C17H24FN5O2S.ClH/c1-13(2)23-11-17(20-12-23)26(24,25)21-10-14-3-4-16(15(18)9-14)22-7-5-19-6-8-22;/h3-4,9,11-13,19,21H,5-8,10H2,1-2H3;1H. The molecular weight excluding hydrogens is 393 g/mol. The Balaban J connectivity index is 0.00000261. The van der Waals surface area contributed by atoms with Crippen molar-refractivity contribution < 1.29 is 12.8 Å². The lowest BCUT2D eigenvalue weighted by Gasteiger charge is -2.29. The Hall–Kier alpha value is -1.68. The molecular formula is C17H25ClFN5O2S. The number of nitrogens with one attached hydrogen (secondary N) is 2. The molecule has 0 unspecified atom stereocenters. The number of piperazine rings is 1. The van der Waals surface area contributed by atoms with Crippen LogP contribution < -0.4 is 14.9 Å². The first-order valence-corrected chi connectivity index (χ1v) is 10.1. The van der Waals surface area contributed by atoms with E-state index in [0.29, 0.717) is 11.3 Å². The van der Waals surface area contributed by atoms with E-state index < -0.39 is 10.0 Å². The molecule has 0 aliphatic carbocycles. The van der Waals surface area contributed by atoms with E-state index in [4.69, 9.17) is 0 Å². The van der Waals surface area contributed by atoms with E-state index in [2.05, 4.69) is 15.0 Å². The van der Waals surface area contributed by atoms with Crippen molar-refractivity contribution in [3.8, 4) is 0 Å². The fraction of sp³-hybridized carbons (Fsp3) is 0.471. The van der Waals surface area contributed by atoms with Gasteiger partial charge in [0, 0.05) is 45.0 Å². The molecule has 1 aliphatic heterocycles. The summed E-state index contributed by atoms with van der Waals surface area (Å²) in [6.07, 6.45) is 2.97. The number of nitrogens with zero attached hydrogens (tertiary/aromatic N) is 3. The summed E-state index contributed by atoms with van der Waals surface area (Å²) < 4.78 is 43.3. The molecule has 10 heteroatoms. The molecule has 27 heavy (non-hydrogen) atoms. The molecule has 0 spiro atoms. The Labute approximate surface area is 165 Å². The van der Waals surface area contributed by atoms with Gasteiger partial charge in [0.05, 0.1) is 12.0 Å². The lowest BCUT2D eigenvalue weighted by atomic mass is 10.1. The van der Waals surface area contributed by atoms with Crippen molar-refractivity contribution in [3.05, 3.63) is 42.1 Å². The zero-order valence-electron chi connectivity index (χ0n) is 15.4. The summed E-state index contributed by atoms with van der Waals surface area (Å²) in [4.78, 5) is 5.92. The smallest absolute Gasteiger partial charge is 0.259 e. The van der Waals surface area contributed by atoms with Crippen LogP contribution in [0.3, 0.4) is 0 Å². The zero-order chi connectivity index (χ0) is 18.7. The maximum Gasteiger partial charge on any atom is 0.259 e. The first kappa shape index (κ1) is 21.6. The molecule has 0 radical (unpaired) electrons. The van der Waals surface area contributed by atoms with E-state index in [-0.39, 0.29) is 35.8 Å². The van der Waals surface area contributed by atoms with E-state index in [1.807, 2.05) is 18.7 Å². The van der Waals surface area contributed by atoms with Gasteiger partial charge in [-0.2, -0.15) is 0 Å². The third kappa shape index (κ3) is 5.19. The van der Waals surface area contributed by atoms with Crippen molar-refractivity contribution in [2.75, 3.05) is 31.1 Å². The van der Waals surface area contributed by atoms with Crippen molar-refractivity contribution >= 4 is 28.1 Å². The van der Waals surface area contributed by atoms with Crippen LogP contribution in [0, 0.1) is 5.82 Å². The number of hydrogen-bond donors (Lipinski definition) is 2. The average molecular weight is 418 g/mol. The monoisotopic (exact) mass is 417 g/mol. The Morgan fingerprint density at radius 1 is 1.30 bits per heavy atom. The van der Waals surface area contributed by atoms with E-state index in [1.165, 1.54) is 18.6 Å². The van der Waals surface area contributed by atoms with Gasteiger partial charge >= 0.3 is 0 Å². The second kappa shape index (κ2) is 9.01. The van der Waals surface area contributed by atoms with E-state index >= 15 is 0 Å². The molecule has 0 atom stereocenters. The van der Waals surface area contributed by atoms with Crippen molar-refractivity contribution in [1.82, 2.24) is 19.6 Å². The number of benzene rings is 1. The van der Waals surface area contributed by atoms with Gasteiger partial charge in [0.15, 0.2) is 5.03 Å². The summed E-state index contributed by atoms with van der Waals surface area (Å²) in [6, 6.07) is 4.96. The number of sulfonamides is 1. The fourth-order valence-corrected chi connectivity index (χ4v) is 3.76. The molecule has 2 N–H and O–H groups in total. The van der Waals surface area contributed by atoms with Crippen LogP contribution in [0.1, 0.15) is 25.5 Å². The van der Waals surface area contributed by atoms with Gasteiger partial charge in [0.1, 0.15) is 5.82 Å². The molecule has 1 saturated heterocycles. The van der Waals surface area contributed by atoms with Gasteiger partial charge in [-0.1, -0.05) is 6.07 Å². The van der Waals surface area contributed by atoms with E-state index in [9.17, 15) is 12.8 Å². The minimum absolute atomic E-state index is 0. The van der Waals surface area contributed by atoms with E-state index in [0.717, 1.165) is 26.2 Å². The molecule has 2 aromatic rings. The lowest BCUT2D eigenvalue weighted by molar-refractivity contribution is 0.564. The normalized spacial score (nSPS) is 15.0. The second-order valence-electron chi connectivity index (χ2n) is 6.60. The van der Waals surface area contributed by atoms with Crippen LogP contribution in [-0.2, 0) is 16.6 Å². The maximum atomic E-state index is 14.4. The Morgan fingerprint density at radius 2 is 2.00 bits per heavy atom. The number of halogens is 2. The highest BCUT2D eigenvalue weighted by Crippen LogP contribution is 2.21. The average Bonchev–Trinajstić information content (AvgIpc) is 3.12. The van der Waals surface area contributed by atoms with Crippen molar-refractivity contribution in [1.29, 1.82) is 0 Å². The largest absolute Gasteiger partial charge is 0.367 e. The number of anilines is 1. The molecule has 3 rings (SSSR count). The van der Waals surface area contributed by atoms with Crippen LogP contribution >= 0.6 is 12.4 Å². The quantitative estimate of drug-likeness (QED) is 0.750. The molecule has 1 aliphatic rings. The summed E-state index contributed by atoms with van der Waals surface area (Å²) in [6.45, 7) is 7.04. The molecule has 7 nitrogen and oxygen atoms in total. The highest BCUT2D eigenvalue weighted by Gasteiger charge is 2.19. The topological polar surface area (TPSA) is 79.3 Å². The van der Waals surface area contributed by atoms with Crippen LogP contribution in [0.4, 0.5) is 10.1 Å². The molecule has 1 fully saturated rings. The van der Waals surface area contributed by atoms with Crippen LogP contribution in [0.2, 0.25) is 0 Å². The first-order chi connectivity index (χ1) is 12.4. The number of hydrogen-bond acceptors (Lipinski definition) is 5. The van der Waals surface area contributed by atoms with Gasteiger partial charge < -0.3 is 14.8 Å². The second-order valence-corrected chi connectivity index (χ2v) is 8.31. The molecule has 0 saturated carbocycles. The molecule has 1 aromatic heterocycles. The highest BCUT2D eigenvalue weighted by molar-refractivity contribution is 7.89. The number of imidazole rings is 1. The van der Waals surface area contributed by atoms with Crippen LogP contribution in [-0.4, -0.2) is 44.1 Å². The first-order valence-electron chi connectivity index (χ1n) is 8.64. The molecule has 0 bridgehead atoms. The van der Waals surface area contributed by atoms with E-state index in [1.54, 1.807) is 16.7 Å². The maximum absolute atomic E-state index is 14.4. The summed E-state index contributed by atoms with van der Waals surface area (Å²) in [5, 5.41) is 3.19. The summed E-state index contributed by atoms with van der Waals surface area (Å²) in [5.74, 6) is -0.340. The van der Waals surface area contributed by atoms with Crippen LogP contribution in [0.5, 0.6) is 0 Å². The summed E-state index contributed by atoms with van der Waals surface area (Å²) in [7, 11) is -3.74. The summed E-state index contributed by atoms with van der Waals surface area (Å²) >= 11 is 0. The number of aromatic nitrogens is 2. The lowest BCUT2D eigenvalue weighted by Crippen LogP contribution is -2.43. The Morgan fingerprint density at radius 3 is 2.59 bits per heavy atom. The fourth-order valence-electron chi connectivity index (χ4n) is 2.81. The summed E-state index contributed by atoms with van der Waals surface area (Å²) in [5.41, 5.74) is 1.11. The van der Waals surface area contributed by atoms with Gasteiger partial charge in [0.2, 0.25) is 0 Å². The van der Waals surface area contributed by atoms with Gasteiger partial charge in [0.25, 0.3) is 10.0 Å². The van der Waals surface area contributed by atoms with Crippen molar-refractivity contribution in [3.63, 3.8) is 0 Å². The van der Waals surface area contributed by atoms with Crippen molar-refractivity contribution in [2.24, 2.45) is 0 Å². The van der Waals surface area contributed by atoms with Crippen LogP contribution in [0.25, 0.3) is 0 Å². The van der Waals surface area contributed by atoms with Gasteiger partial charge in [-0.05, 0) is 31.5 Å². The molecule has 150 valence electrons. The SMILES string of the molecule is CC(C)n1cnc(S(=O)(=O)NCc2ccc(N3CCNCC3)c(F)c2)c1.Cl. The Bertz CT molecular complexity index is 866. The van der Waals surface area contributed by atoms with Gasteiger partial charge in [-0.25, -0.2) is 22.5 Å². The Kier molecular flexibility index (Phi) is 7.21. The van der Waals surface area contributed by atoms with Crippen molar-refractivity contribution in [2.45, 2.75) is 31.5 Å². The highest BCUT2D eigenvalue weighted by atomic mass is 35.5.